The predicted molar refractivity (Wildman–Crippen MR) is 104 cm³/mol. The summed E-state index contributed by atoms with van der Waals surface area (Å²) in [7, 11) is 3.88. The molecular weight excluding hydrogens is 350 g/mol. The summed E-state index contributed by atoms with van der Waals surface area (Å²) in [6.07, 6.45) is 7.03. The molecule has 0 bridgehead atoms. The highest BCUT2D eigenvalue weighted by atomic mass is 32.2. The Labute approximate surface area is 159 Å². The lowest BCUT2D eigenvalue weighted by Crippen LogP contribution is -2.52. The van der Waals surface area contributed by atoms with Gasteiger partial charge >= 0.3 is 0 Å². The number of hydrogen-bond acceptors (Lipinski definition) is 7. The van der Waals surface area contributed by atoms with Crippen LogP contribution in [0.25, 0.3) is 0 Å². The highest BCUT2D eigenvalue weighted by molar-refractivity contribution is 7.98. The zero-order chi connectivity index (χ0) is 18.7. The summed E-state index contributed by atoms with van der Waals surface area (Å²) < 4.78 is 6.24. The quantitative estimate of drug-likeness (QED) is 0.817. The van der Waals surface area contributed by atoms with Crippen molar-refractivity contribution in [3.8, 4) is 0 Å². The lowest BCUT2D eigenvalue weighted by Gasteiger charge is -2.44. The van der Waals surface area contributed by atoms with Crippen LogP contribution in [0.4, 0.5) is 5.95 Å². The largest absolute Gasteiger partial charge is 0.368 e. The number of aromatic nitrogens is 2. The third-order valence-corrected chi connectivity index (χ3v) is 5.91. The van der Waals surface area contributed by atoms with Gasteiger partial charge in [-0.1, -0.05) is 0 Å². The number of likely N-dealkylation sites (tertiary alicyclic amines) is 1. The molecule has 2 aliphatic heterocycles. The van der Waals surface area contributed by atoms with Crippen LogP contribution in [0.2, 0.25) is 0 Å². The summed E-state index contributed by atoms with van der Waals surface area (Å²) in [5.74, 6) is 1.67. The van der Waals surface area contributed by atoms with Gasteiger partial charge in [-0.2, -0.15) is 11.8 Å². The van der Waals surface area contributed by atoms with Gasteiger partial charge in [0.2, 0.25) is 11.9 Å². The number of thioether (sulfide) groups is 1. The van der Waals surface area contributed by atoms with Gasteiger partial charge in [0.25, 0.3) is 0 Å². The van der Waals surface area contributed by atoms with E-state index in [-0.39, 0.29) is 5.91 Å². The Morgan fingerprint density at radius 2 is 2.19 bits per heavy atom. The molecule has 144 valence electrons. The Morgan fingerprint density at radius 1 is 1.46 bits per heavy atom. The number of carbonyl (C=O) groups excluding carboxylic acids is 1. The molecule has 0 unspecified atom stereocenters. The van der Waals surface area contributed by atoms with E-state index in [1.165, 1.54) is 5.56 Å². The number of hydrogen-bond donors (Lipinski definition) is 1. The number of ether oxygens (including phenoxy) is 1. The fourth-order valence-electron chi connectivity index (χ4n) is 3.69. The van der Waals surface area contributed by atoms with Gasteiger partial charge in [-0.25, -0.2) is 9.97 Å². The zero-order valence-corrected chi connectivity index (χ0v) is 16.7. The third kappa shape index (κ3) is 3.82. The van der Waals surface area contributed by atoms with Gasteiger partial charge in [0.1, 0.15) is 5.60 Å². The molecule has 1 spiro atoms. The Morgan fingerprint density at radius 3 is 2.85 bits per heavy atom. The van der Waals surface area contributed by atoms with Gasteiger partial charge in [-0.15, -0.1) is 0 Å². The van der Waals surface area contributed by atoms with Gasteiger partial charge in [0.15, 0.2) is 0 Å². The number of fused-ring (bicyclic) bond motifs is 2. The minimum absolute atomic E-state index is 0.0570. The summed E-state index contributed by atoms with van der Waals surface area (Å²) in [5.41, 5.74) is 7.84. The Hall–Kier alpha value is -1.38. The van der Waals surface area contributed by atoms with Crippen LogP contribution in [0.1, 0.15) is 30.5 Å². The first kappa shape index (κ1) is 19.4. The standard InChI is InChI=1S/C18H29N5O2S/c1-22(2)17-20-12-13-4-10-25-18(15(13)21-17)6-8-23(9-7-18)16(24)14(19)5-11-26-3/h12,14H,4-11,19H2,1-3H3/t14-/m0/s1. The van der Waals surface area contributed by atoms with E-state index in [4.69, 9.17) is 15.5 Å². The molecule has 0 aliphatic carbocycles. The molecule has 3 heterocycles. The maximum atomic E-state index is 12.6. The second-order valence-electron chi connectivity index (χ2n) is 7.24. The van der Waals surface area contributed by atoms with E-state index in [1.807, 2.05) is 36.3 Å². The van der Waals surface area contributed by atoms with Crippen LogP contribution in [0.5, 0.6) is 0 Å². The van der Waals surface area contributed by atoms with Gasteiger partial charge in [-0.3, -0.25) is 4.79 Å². The maximum Gasteiger partial charge on any atom is 0.239 e. The van der Waals surface area contributed by atoms with Crippen molar-refractivity contribution in [2.75, 3.05) is 50.7 Å². The molecule has 1 saturated heterocycles. The van der Waals surface area contributed by atoms with Gasteiger partial charge in [0, 0.05) is 33.4 Å². The first-order valence-electron chi connectivity index (χ1n) is 9.18. The molecule has 1 amide bonds. The normalized spacial score (nSPS) is 19.9. The lowest BCUT2D eigenvalue weighted by molar-refractivity contribution is -0.142. The number of nitrogens with two attached hydrogens (primary N) is 1. The minimum Gasteiger partial charge on any atom is -0.368 e. The van der Waals surface area contributed by atoms with E-state index in [9.17, 15) is 4.79 Å². The molecule has 0 radical (unpaired) electrons. The van der Waals surface area contributed by atoms with Crippen molar-refractivity contribution in [1.82, 2.24) is 14.9 Å². The monoisotopic (exact) mass is 379 g/mol. The van der Waals surface area contributed by atoms with Crippen LogP contribution in [0.15, 0.2) is 6.20 Å². The van der Waals surface area contributed by atoms with Crippen molar-refractivity contribution in [3.05, 3.63) is 17.5 Å². The molecule has 0 saturated carbocycles. The Bertz CT molecular complexity index is 646. The number of nitrogens with zero attached hydrogens (tertiary/aromatic N) is 4. The molecule has 2 aliphatic rings. The van der Waals surface area contributed by atoms with E-state index in [2.05, 4.69) is 4.98 Å². The van der Waals surface area contributed by atoms with Gasteiger partial charge in [0.05, 0.1) is 18.3 Å². The molecule has 1 aromatic rings. The van der Waals surface area contributed by atoms with Gasteiger partial charge in [-0.05, 0) is 43.3 Å². The van der Waals surface area contributed by atoms with E-state index >= 15 is 0 Å². The van der Waals surface area contributed by atoms with Crippen molar-refractivity contribution >= 4 is 23.6 Å². The minimum atomic E-state index is -0.404. The molecular formula is C18H29N5O2S. The zero-order valence-electron chi connectivity index (χ0n) is 15.9. The third-order valence-electron chi connectivity index (χ3n) is 5.27. The summed E-state index contributed by atoms with van der Waals surface area (Å²) >= 11 is 1.72. The first-order chi connectivity index (χ1) is 12.5. The maximum absolute atomic E-state index is 12.6. The fraction of sp³-hybridized carbons (Fsp3) is 0.722. The SMILES string of the molecule is CSCC[C@H](N)C(=O)N1CCC2(CC1)OCCc1cnc(N(C)C)nc12. The number of carbonyl (C=O) groups is 1. The van der Waals surface area contributed by atoms with Crippen LogP contribution in [-0.4, -0.2) is 72.6 Å². The molecule has 1 aromatic heterocycles. The molecule has 0 aromatic carbocycles. The number of piperidine rings is 1. The van der Waals surface area contributed by atoms with E-state index in [0.29, 0.717) is 25.6 Å². The summed E-state index contributed by atoms with van der Waals surface area (Å²) in [5, 5.41) is 0. The van der Waals surface area contributed by atoms with Crippen LogP contribution < -0.4 is 10.6 Å². The molecule has 2 N–H and O–H groups in total. The molecule has 1 atom stereocenters. The molecule has 8 heteroatoms. The molecule has 7 nitrogen and oxygen atoms in total. The number of anilines is 1. The number of amides is 1. The average Bonchev–Trinajstić information content (AvgIpc) is 2.66. The van der Waals surface area contributed by atoms with Crippen LogP contribution in [-0.2, 0) is 21.6 Å². The topological polar surface area (TPSA) is 84.6 Å². The average molecular weight is 380 g/mol. The van der Waals surface area contributed by atoms with Crippen LogP contribution in [0, 0.1) is 0 Å². The Kier molecular flexibility index (Phi) is 6.04. The van der Waals surface area contributed by atoms with Crippen molar-refractivity contribution < 1.29 is 9.53 Å². The summed E-state index contributed by atoms with van der Waals surface area (Å²) in [6.45, 7) is 2.00. The van der Waals surface area contributed by atoms with Crippen LogP contribution in [0.3, 0.4) is 0 Å². The predicted octanol–water partition coefficient (Wildman–Crippen LogP) is 1.01. The molecule has 3 rings (SSSR count). The van der Waals surface area contributed by atoms with Crippen LogP contribution >= 0.6 is 11.8 Å². The van der Waals surface area contributed by atoms with E-state index < -0.39 is 11.6 Å². The molecule has 1 fully saturated rings. The smallest absolute Gasteiger partial charge is 0.239 e. The molecule has 26 heavy (non-hydrogen) atoms. The summed E-state index contributed by atoms with van der Waals surface area (Å²) in [6, 6.07) is -0.404. The summed E-state index contributed by atoms with van der Waals surface area (Å²) in [4.78, 5) is 25.6. The highest BCUT2D eigenvalue weighted by Gasteiger charge is 2.43. The fourth-order valence-corrected chi connectivity index (χ4v) is 4.18. The second-order valence-corrected chi connectivity index (χ2v) is 8.23. The van der Waals surface area contributed by atoms with E-state index in [1.54, 1.807) is 11.8 Å². The first-order valence-corrected chi connectivity index (χ1v) is 10.6. The lowest BCUT2D eigenvalue weighted by atomic mass is 9.83. The van der Waals surface area contributed by atoms with Gasteiger partial charge < -0.3 is 20.3 Å². The van der Waals surface area contributed by atoms with E-state index in [0.717, 1.165) is 37.1 Å². The second kappa shape index (κ2) is 8.10. The van der Waals surface area contributed by atoms with Crippen molar-refractivity contribution in [2.24, 2.45) is 5.73 Å². The highest BCUT2D eigenvalue weighted by Crippen LogP contribution is 2.40. The van der Waals surface area contributed by atoms with Crippen molar-refractivity contribution in [3.63, 3.8) is 0 Å². The Balaban J connectivity index is 1.73. The number of rotatable bonds is 5. The van der Waals surface area contributed by atoms with Crippen molar-refractivity contribution in [1.29, 1.82) is 0 Å². The van der Waals surface area contributed by atoms with Crippen molar-refractivity contribution in [2.45, 2.75) is 37.3 Å².